The van der Waals surface area contributed by atoms with E-state index in [2.05, 4.69) is 4.99 Å². The number of phenols is 1. The van der Waals surface area contributed by atoms with E-state index in [1.54, 1.807) is 37.3 Å². The normalized spacial score (nSPS) is 16.3. The lowest BCUT2D eigenvalue weighted by Gasteiger charge is -2.24. The lowest BCUT2D eigenvalue weighted by molar-refractivity contribution is -0.136. The molecule has 1 unspecified atom stereocenters. The summed E-state index contributed by atoms with van der Waals surface area (Å²) in [5, 5.41) is 10.1. The zero-order valence-corrected chi connectivity index (χ0v) is 16.6. The van der Waals surface area contributed by atoms with E-state index in [4.69, 9.17) is 4.74 Å². The molecule has 0 aliphatic carbocycles. The van der Waals surface area contributed by atoms with Crippen LogP contribution in [0.25, 0.3) is 6.08 Å². The molecule has 0 fully saturated rings. The molecule has 0 radical (unpaired) electrons. The maximum Gasteiger partial charge on any atom is 0.338 e. The van der Waals surface area contributed by atoms with Crippen molar-refractivity contribution in [3.8, 4) is 5.75 Å². The summed E-state index contributed by atoms with van der Waals surface area (Å²) < 4.78 is 6.92. The predicted octanol–water partition coefficient (Wildman–Crippen LogP) is 2.11. The SMILES string of the molecule is COC(=O)C1=C(C)N=c2s/c(=C\c3ccccc3O)c(=O)n2C1c1ccccc1. The summed E-state index contributed by atoms with van der Waals surface area (Å²) in [5.41, 5.74) is 1.90. The van der Waals surface area contributed by atoms with Crippen molar-refractivity contribution in [3.05, 3.63) is 96.7 Å². The molecule has 29 heavy (non-hydrogen) atoms. The highest BCUT2D eigenvalue weighted by molar-refractivity contribution is 7.07. The quantitative estimate of drug-likeness (QED) is 0.676. The minimum absolute atomic E-state index is 0.0874. The third-order valence-electron chi connectivity index (χ3n) is 4.77. The van der Waals surface area contributed by atoms with Crippen LogP contribution in [0.15, 0.2) is 75.7 Å². The smallest absolute Gasteiger partial charge is 0.338 e. The molecule has 6 nitrogen and oxygen atoms in total. The molecule has 0 spiro atoms. The first-order chi connectivity index (χ1) is 14.0. The van der Waals surface area contributed by atoms with E-state index in [0.29, 0.717) is 26.2 Å². The third-order valence-corrected chi connectivity index (χ3v) is 5.75. The number of allylic oxidation sites excluding steroid dienone is 1. The van der Waals surface area contributed by atoms with Gasteiger partial charge in [-0.05, 0) is 24.6 Å². The number of rotatable bonds is 3. The number of para-hydroxylation sites is 1. The number of hydrogen-bond acceptors (Lipinski definition) is 6. The van der Waals surface area contributed by atoms with E-state index >= 15 is 0 Å². The second kappa shape index (κ2) is 7.52. The molecule has 1 atom stereocenters. The molecular formula is C22H18N2O4S. The predicted molar refractivity (Wildman–Crippen MR) is 110 cm³/mol. The van der Waals surface area contributed by atoms with E-state index in [-0.39, 0.29) is 11.3 Å². The number of hydrogen-bond donors (Lipinski definition) is 1. The van der Waals surface area contributed by atoms with Gasteiger partial charge in [0.15, 0.2) is 4.80 Å². The molecule has 0 bridgehead atoms. The molecule has 0 saturated heterocycles. The zero-order chi connectivity index (χ0) is 20.5. The lowest BCUT2D eigenvalue weighted by Crippen LogP contribution is -2.39. The summed E-state index contributed by atoms with van der Waals surface area (Å²) in [6.07, 6.45) is 1.64. The summed E-state index contributed by atoms with van der Waals surface area (Å²) in [4.78, 5) is 30.8. The van der Waals surface area contributed by atoms with Gasteiger partial charge in [0, 0.05) is 5.56 Å². The summed E-state index contributed by atoms with van der Waals surface area (Å²) in [6, 6.07) is 15.5. The maximum absolute atomic E-state index is 13.3. The molecule has 1 aromatic heterocycles. The fourth-order valence-corrected chi connectivity index (χ4v) is 4.43. The number of esters is 1. The molecule has 4 rings (SSSR count). The molecule has 2 heterocycles. The van der Waals surface area contributed by atoms with Gasteiger partial charge in [-0.1, -0.05) is 59.9 Å². The topological polar surface area (TPSA) is 80.9 Å². The Hall–Kier alpha value is -3.45. The number of methoxy groups -OCH3 is 1. The van der Waals surface area contributed by atoms with Crippen molar-refractivity contribution >= 4 is 23.4 Å². The number of carbonyl (C=O) groups is 1. The number of benzene rings is 2. The van der Waals surface area contributed by atoms with Crippen LogP contribution >= 0.6 is 11.3 Å². The van der Waals surface area contributed by atoms with Gasteiger partial charge in [0.25, 0.3) is 5.56 Å². The minimum atomic E-state index is -0.633. The van der Waals surface area contributed by atoms with E-state index in [1.165, 1.54) is 23.0 Å². The largest absolute Gasteiger partial charge is 0.507 e. The minimum Gasteiger partial charge on any atom is -0.507 e. The number of aromatic hydroxyl groups is 1. The number of fused-ring (bicyclic) bond motifs is 1. The molecule has 0 saturated carbocycles. The number of phenolic OH excluding ortho intramolecular Hbond substituents is 1. The molecule has 1 aliphatic rings. The molecular weight excluding hydrogens is 388 g/mol. The molecule has 0 amide bonds. The highest BCUT2D eigenvalue weighted by atomic mass is 32.1. The fourth-order valence-electron chi connectivity index (χ4n) is 3.39. The van der Waals surface area contributed by atoms with E-state index in [9.17, 15) is 14.7 Å². The Labute approximate surface area is 170 Å². The van der Waals surface area contributed by atoms with Gasteiger partial charge in [0.2, 0.25) is 0 Å². The van der Waals surface area contributed by atoms with Crippen molar-refractivity contribution in [2.24, 2.45) is 4.99 Å². The average Bonchev–Trinajstić information content (AvgIpc) is 3.03. The molecule has 1 N–H and O–H groups in total. The summed E-state index contributed by atoms with van der Waals surface area (Å²) in [5.74, 6) is -0.431. The van der Waals surface area contributed by atoms with E-state index < -0.39 is 12.0 Å². The van der Waals surface area contributed by atoms with Crippen molar-refractivity contribution < 1.29 is 14.6 Å². The summed E-state index contributed by atoms with van der Waals surface area (Å²) in [7, 11) is 1.31. The van der Waals surface area contributed by atoms with Crippen LogP contribution < -0.4 is 14.9 Å². The lowest BCUT2D eigenvalue weighted by atomic mass is 9.96. The van der Waals surface area contributed by atoms with Crippen LogP contribution in [0.3, 0.4) is 0 Å². The second-order valence-corrected chi connectivity index (χ2v) is 7.55. The molecule has 1 aliphatic heterocycles. The number of carbonyl (C=O) groups excluding carboxylic acids is 1. The molecule has 3 aromatic rings. The van der Waals surface area contributed by atoms with E-state index in [1.807, 2.05) is 30.3 Å². The van der Waals surface area contributed by atoms with Crippen molar-refractivity contribution in [2.75, 3.05) is 7.11 Å². The summed E-state index contributed by atoms with van der Waals surface area (Å²) in [6.45, 7) is 1.74. The first-order valence-corrected chi connectivity index (χ1v) is 9.76. The van der Waals surface area contributed by atoms with Gasteiger partial charge < -0.3 is 9.84 Å². The highest BCUT2D eigenvalue weighted by Crippen LogP contribution is 2.30. The van der Waals surface area contributed by atoms with Crippen molar-refractivity contribution in [3.63, 3.8) is 0 Å². The highest BCUT2D eigenvalue weighted by Gasteiger charge is 2.32. The molecule has 7 heteroatoms. The van der Waals surface area contributed by atoms with Crippen molar-refractivity contribution in [2.45, 2.75) is 13.0 Å². The molecule has 2 aromatic carbocycles. The Morgan fingerprint density at radius 3 is 2.55 bits per heavy atom. The van der Waals surface area contributed by atoms with Gasteiger partial charge in [-0.3, -0.25) is 9.36 Å². The Morgan fingerprint density at radius 1 is 1.17 bits per heavy atom. The van der Waals surface area contributed by atoms with E-state index in [0.717, 1.165) is 5.56 Å². The molecule has 146 valence electrons. The Bertz CT molecular complexity index is 1300. The first kappa shape index (κ1) is 18.9. The standard InChI is InChI=1S/C22H18N2O4S/c1-13-18(21(27)28-2)19(14-8-4-3-5-9-14)24-20(26)17(29-22(24)23-13)12-15-10-6-7-11-16(15)25/h3-12,19,25H,1-2H3/b17-12-. The van der Waals surface area contributed by atoms with Crippen LogP contribution in [-0.4, -0.2) is 22.8 Å². The van der Waals surface area contributed by atoms with Crippen LogP contribution in [0.1, 0.15) is 24.1 Å². The average molecular weight is 406 g/mol. The van der Waals surface area contributed by atoms with Gasteiger partial charge in [-0.25, -0.2) is 9.79 Å². The fraction of sp³-hybridized carbons (Fsp3) is 0.136. The van der Waals surface area contributed by atoms with Crippen LogP contribution in [0.2, 0.25) is 0 Å². The van der Waals surface area contributed by atoms with Crippen LogP contribution in [0.4, 0.5) is 0 Å². The Morgan fingerprint density at radius 2 is 1.86 bits per heavy atom. The number of nitrogens with zero attached hydrogens (tertiary/aromatic N) is 2. The monoisotopic (exact) mass is 406 g/mol. The number of ether oxygens (including phenoxy) is 1. The van der Waals surface area contributed by atoms with Crippen LogP contribution in [-0.2, 0) is 9.53 Å². The van der Waals surface area contributed by atoms with Gasteiger partial charge >= 0.3 is 5.97 Å². The van der Waals surface area contributed by atoms with Gasteiger partial charge in [0.1, 0.15) is 5.75 Å². The van der Waals surface area contributed by atoms with Crippen LogP contribution in [0.5, 0.6) is 5.75 Å². The van der Waals surface area contributed by atoms with Crippen molar-refractivity contribution in [1.82, 2.24) is 4.57 Å². The Balaban J connectivity index is 2.00. The third kappa shape index (κ3) is 3.30. The van der Waals surface area contributed by atoms with Gasteiger partial charge in [0.05, 0.1) is 29.0 Å². The number of thiazole rings is 1. The number of aromatic nitrogens is 1. The van der Waals surface area contributed by atoms with Gasteiger partial charge in [-0.15, -0.1) is 0 Å². The second-order valence-electron chi connectivity index (χ2n) is 6.54. The first-order valence-electron chi connectivity index (χ1n) is 8.95. The Kier molecular flexibility index (Phi) is 4.90. The summed E-state index contributed by atoms with van der Waals surface area (Å²) >= 11 is 1.22. The zero-order valence-electron chi connectivity index (χ0n) is 15.8. The van der Waals surface area contributed by atoms with Gasteiger partial charge in [-0.2, -0.15) is 0 Å². The van der Waals surface area contributed by atoms with Crippen molar-refractivity contribution in [1.29, 1.82) is 0 Å². The van der Waals surface area contributed by atoms with Crippen LogP contribution in [0, 0.1) is 0 Å². The maximum atomic E-state index is 13.3.